The molecule has 0 fully saturated rings. The van der Waals surface area contributed by atoms with Gasteiger partial charge in [-0.15, -0.1) is 0 Å². The van der Waals surface area contributed by atoms with E-state index in [1.807, 2.05) is 13.8 Å². The van der Waals surface area contributed by atoms with E-state index in [0.29, 0.717) is 0 Å². The van der Waals surface area contributed by atoms with Gasteiger partial charge in [-0.3, -0.25) is 0 Å². The molecule has 0 aliphatic rings. The molecule has 1 unspecified atom stereocenters. The minimum atomic E-state index is -2.32. The van der Waals surface area contributed by atoms with Crippen molar-refractivity contribution in [1.82, 2.24) is 10.2 Å². The van der Waals surface area contributed by atoms with Crippen molar-refractivity contribution in [2.45, 2.75) is 112 Å². The summed E-state index contributed by atoms with van der Waals surface area (Å²) in [5.41, 5.74) is 0. The average molecular weight is 476 g/mol. The van der Waals surface area contributed by atoms with E-state index in [4.69, 9.17) is 8.76 Å². The van der Waals surface area contributed by atoms with Gasteiger partial charge in [-0.05, 0) is 46.6 Å². The SMILES string of the molecule is C.CC.CCCCCCCCCCCCCCNCCCN(C)C.COS(=O)[O-].O.O. The minimum Gasteiger partial charge on any atom is -0.750 e. The van der Waals surface area contributed by atoms with Crippen LogP contribution in [0, 0.1) is 0 Å². The van der Waals surface area contributed by atoms with E-state index in [1.165, 1.54) is 103 Å². The lowest BCUT2D eigenvalue weighted by atomic mass is 10.1. The molecule has 8 heteroatoms. The molecule has 0 bridgehead atoms. The Hall–Kier alpha value is -0.0900. The van der Waals surface area contributed by atoms with Crippen LogP contribution < -0.4 is 5.32 Å². The molecule has 0 saturated heterocycles. The summed E-state index contributed by atoms with van der Waals surface area (Å²) >= 11 is -2.32. The molecule has 0 saturated carbocycles. The average Bonchev–Trinajstić information content (AvgIpc) is 2.69. The topological polar surface area (TPSA) is 128 Å². The van der Waals surface area contributed by atoms with Gasteiger partial charge in [-0.25, -0.2) is 4.21 Å². The maximum atomic E-state index is 9.15. The van der Waals surface area contributed by atoms with Crippen LogP contribution in [-0.4, -0.2) is 65.5 Å². The van der Waals surface area contributed by atoms with Crippen molar-refractivity contribution in [2.75, 3.05) is 40.8 Å². The Balaban J connectivity index is -0.000000137. The van der Waals surface area contributed by atoms with E-state index in [-0.39, 0.29) is 18.4 Å². The Morgan fingerprint density at radius 1 is 0.774 bits per heavy atom. The van der Waals surface area contributed by atoms with Gasteiger partial charge in [0.25, 0.3) is 0 Å². The molecule has 0 aromatic heterocycles. The van der Waals surface area contributed by atoms with Crippen LogP contribution in [0.5, 0.6) is 0 Å². The molecule has 0 spiro atoms. The minimum absolute atomic E-state index is 0. The first-order valence-electron chi connectivity index (χ1n) is 11.5. The van der Waals surface area contributed by atoms with Gasteiger partial charge >= 0.3 is 0 Å². The number of hydrogen-bond donors (Lipinski definition) is 1. The first kappa shape index (κ1) is 44.6. The summed E-state index contributed by atoms with van der Waals surface area (Å²) in [5.74, 6) is 0. The zero-order chi connectivity index (χ0) is 21.9. The van der Waals surface area contributed by atoms with Crippen molar-refractivity contribution >= 4 is 11.4 Å². The summed E-state index contributed by atoms with van der Waals surface area (Å²) < 4.78 is 22.0. The second kappa shape index (κ2) is 43.7. The smallest absolute Gasteiger partial charge is 0.0839 e. The highest BCUT2D eigenvalue weighted by atomic mass is 32.2. The van der Waals surface area contributed by atoms with E-state index < -0.39 is 11.4 Å². The summed E-state index contributed by atoms with van der Waals surface area (Å²) in [4.78, 5) is 2.26. The van der Waals surface area contributed by atoms with Gasteiger partial charge in [0.2, 0.25) is 0 Å². The van der Waals surface area contributed by atoms with Crippen LogP contribution in [0.1, 0.15) is 112 Å². The summed E-state index contributed by atoms with van der Waals surface area (Å²) in [6.07, 6.45) is 18.5. The largest absolute Gasteiger partial charge is 0.750 e. The number of nitrogens with zero attached hydrogens (tertiary/aromatic N) is 1. The Labute approximate surface area is 198 Å². The molecule has 31 heavy (non-hydrogen) atoms. The van der Waals surface area contributed by atoms with Gasteiger partial charge in [-0.1, -0.05) is 98.8 Å². The molecule has 5 N–H and O–H groups in total. The Morgan fingerprint density at radius 3 is 1.42 bits per heavy atom. The third-order valence-electron chi connectivity index (χ3n) is 4.30. The molecule has 0 heterocycles. The second-order valence-corrected chi connectivity index (χ2v) is 7.91. The van der Waals surface area contributed by atoms with Crippen LogP contribution in [0.2, 0.25) is 0 Å². The van der Waals surface area contributed by atoms with Crippen molar-refractivity contribution in [2.24, 2.45) is 0 Å². The standard InChI is InChI=1S/C19H42N2.C2H6.CH4O3S.CH4.2H2O/c1-4-5-6-7-8-9-10-11-12-13-14-15-17-20-18-16-19-21(2)3;1-2;1-4-5(2)3;;;/h20H,4-19H2,1-3H3;1-2H3;1H3,(H,2,3);1H4;2*1H2/p-1. The molecule has 0 aromatic carbocycles. The molecule has 0 radical (unpaired) electrons. The lowest BCUT2D eigenvalue weighted by Crippen LogP contribution is -2.22. The van der Waals surface area contributed by atoms with Crippen molar-refractivity contribution in [1.29, 1.82) is 0 Å². The van der Waals surface area contributed by atoms with E-state index in [0.717, 1.165) is 7.11 Å². The Bertz CT molecular complexity index is 287. The van der Waals surface area contributed by atoms with Crippen molar-refractivity contribution in [3.05, 3.63) is 0 Å². The van der Waals surface area contributed by atoms with Gasteiger partial charge in [0.05, 0.1) is 18.5 Å². The highest BCUT2D eigenvalue weighted by Gasteiger charge is 1.94. The predicted molar refractivity (Wildman–Crippen MR) is 138 cm³/mol. The molecule has 0 aliphatic carbocycles. The number of unbranched alkanes of at least 4 members (excludes halogenated alkanes) is 11. The predicted octanol–water partition coefficient (Wildman–Crippen LogP) is 4.67. The fourth-order valence-electron chi connectivity index (χ4n) is 2.74. The Morgan fingerprint density at radius 2 is 1.10 bits per heavy atom. The van der Waals surface area contributed by atoms with Crippen LogP contribution in [0.15, 0.2) is 0 Å². The third kappa shape index (κ3) is 58.8. The van der Waals surface area contributed by atoms with Crippen LogP contribution in [0.3, 0.4) is 0 Å². The summed E-state index contributed by atoms with van der Waals surface area (Å²) in [5, 5.41) is 3.55. The first-order chi connectivity index (χ1) is 13.5. The zero-order valence-corrected chi connectivity index (χ0v) is 21.7. The highest BCUT2D eigenvalue weighted by Crippen LogP contribution is 2.11. The molecule has 7 nitrogen and oxygen atoms in total. The van der Waals surface area contributed by atoms with E-state index in [9.17, 15) is 0 Å². The van der Waals surface area contributed by atoms with Crippen molar-refractivity contribution in [3.8, 4) is 0 Å². The van der Waals surface area contributed by atoms with Crippen molar-refractivity contribution in [3.63, 3.8) is 0 Å². The van der Waals surface area contributed by atoms with Gasteiger partial charge in [0.1, 0.15) is 0 Å². The van der Waals surface area contributed by atoms with Gasteiger partial charge in [0, 0.05) is 0 Å². The molecular formula is C23H59N2O5S-. The van der Waals surface area contributed by atoms with Gasteiger partial charge in [-0.2, -0.15) is 0 Å². The van der Waals surface area contributed by atoms with E-state index in [2.05, 4.69) is 35.4 Å². The first-order valence-corrected chi connectivity index (χ1v) is 12.5. The molecule has 1 atom stereocenters. The molecular weight excluding hydrogens is 416 g/mol. The number of hydrogen-bond acceptors (Lipinski definition) is 5. The monoisotopic (exact) mass is 475 g/mol. The molecule has 0 rings (SSSR count). The summed E-state index contributed by atoms with van der Waals surface area (Å²) in [6, 6.07) is 0. The molecule has 198 valence electrons. The van der Waals surface area contributed by atoms with Crippen molar-refractivity contribution < 1.29 is 23.9 Å². The third-order valence-corrected chi connectivity index (χ3v) is 4.57. The lowest BCUT2D eigenvalue weighted by Gasteiger charge is -2.09. The van der Waals surface area contributed by atoms with Crippen LogP contribution in [0.4, 0.5) is 0 Å². The number of nitrogens with one attached hydrogen (secondary N) is 1. The second-order valence-electron chi connectivity index (χ2n) is 7.17. The maximum Gasteiger partial charge on any atom is 0.0839 e. The van der Waals surface area contributed by atoms with Crippen LogP contribution in [0.25, 0.3) is 0 Å². The van der Waals surface area contributed by atoms with Crippen LogP contribution in [-0.2, 0) is 15.5 Å². The summed E-state index contributed by atoms with van der Waals surface area (Å²) in [6.45, 7) is 9.88. The highest BCUT2D eigenvalue weighted by molar-refractivity contribution is 7.74. The van der Waals surface area contributed by atoms with Gasteiger partial charge in [0.15, 0.2) is 0 Å². The number of rotatable bonds is 18. The fourth-order valence-corrected chi connectivity index (χ4v) is 2.74. The zero-order valence-electron chi connectivity index (χ0n) is 20.9. The van der Waals surface area contributed by atoms with E-state index in [1.54, 1.807) is 0 Å². The normalized spacial score (nSPS) is 10.3. The fraction of sp³-hybridized carbons (Fsp3) is 1.00. The lowest BCUT2D eigenvalue weighted by molar-refractivity contribution is 0.368. The molecule has 0 aromatic rings. The molecule has 0 amide bonds. The quantitative estimate of drug-likeness (QED) is 0.227. The molecule has 0 aliphatic heterocycles. The maximum absolute atomic E-state index is 9.15. The Kier molecular flexibility index (Phi) is 62.9. The van der Waals surface area contributed by atoms with Gasteiger partial charge < -0.3 is 29.9 Å². The summed E-state index contributed by atoms with van der Waals surface area (Å²) in [7, 11) is 5.37. The van der Waals surface area contributed by atoms with E-state index >= 15 is 0 Å². The van der Waals surface area contributed by atoms with Crippen LogP contribution >= 0.6 is 0 Å².